The minimum absolute atomic E-state index is 0.393. The van der Waals surface area contributed by atoms with E-state index < -0.39 is 0 Å². The average Bonchev–Trinajstić information content (AvgIpc) is 2.84. The first kappa shape index (κ1) is 15.8. The van der Waals surface area contributed by atoms with Crippen LogP contribution in [0.25, 0.3) is 0 Å². The van der Waals surface area contributed by atoms with Gasteiger partial charge in [-0.25, -0.2) is 0 Å². The largest absolute Gasteiger partial charge is 0.313 e. The smallest absolute Gasteiger partial charge is 0.0931 e. The zero-order valence-corrected chi connectivity index (χ0v) is 13.9. The second-order valence-electron chi connectivity index (χ2n) is 4.86. The maximum Gasteiger partial charge on any atom is 0.0931 e. The van der Waals surface area contributed by atoms with Crippen molar-refractivity contribution in [1.29, 1.82) is 0 Å². The van der Waals surface area contributed by atoms with Crippen LogP contribution in [0.3, 0.4) is 0 Å². The van der Waals surface area contributed by atoms with Crippen LogP contribution in [0.15, 0.2) is 36.4 Å². The van der Waals surface area contributed by atoms with Gasteiger partial charge in [-0.05, 0) is 49.6 Å². The van der Waals surface area contributed by atoms with Crippen molar-refractivity contribution in [2.24, 2.45) is 0 Å². The summed E-state index contributed by atoms with van der Waals surface area (Å²) in [5.41, 5.74) is 1.20. The van der Waals surface area contributed by atoms with E-state index in [1.165, 1.54) is 10.4 Å². The molecule has 0 amide bonds. The van der Waals surface area contributed by atoms with E-state index in [9.17, 15) is 0 Å². The van der Waals surface area contributed by atoms with E-state index in [1.54, 1.807) is 11.3 Å². The molecule has 1 aromatic heterocycles. The van der Waals surface area contributed by atoms with Crippen molar-refractivity contribution in [3.8, 4) is 0 Å². The van der Waals surface area contributed by atoms with Gasteiger partial charge in [0.25, 0.3) is 0 Å². The molecule has 1 N–H and O–H groups in total. The molecule has 0 fully saturated rings. The van der Waals surface area contributed by atoms with Crippen molar-refractivity contribution in [3.63, 3.8) is 0 Å². The number of benzene rings is 1. The highest BCUT2D eigenvalue weighted by Gasteiger charge is 2.13. The van der Waals surface area contributed by atoms with E-state index in [4.69, 9.17) is 23.2 Å². The fraction of sp³-hybridized carbons (Fsp3) is 0.375. The number of rotatable bonds is 7. The number of hydrogen-bond acceptors (Lipinski definition) is 2. The van der Waals surface area contributed by atoms with Crippen LogP contribution >= 0.6 is 34.5 Å². The maximum atomic E-state index is 6.26. The predicted octanol–water partition coefficient (Wildman–Crippen LogP) is 5.21. The first-order valence-corrected chi connectivity index (χ1v) is 8.47. The number of hydrogen-bond donors (Lipinski definition) is 1. The van der Waals surface area contributed by atoms with Crippen LogP contribution in [-0.2, 0) is 12.8 Å². The van der Waals surface area contributed by atoms with Crippen molar-refractivity contribution in [1.82, 2.24) is 5.32 Å². The van der Waals surface area contributed by atoms with Gasteiger partial charge in [0.2, 0.25) is 0 Å². The van der Waals surface area contributed by atoms with E-state index in [0.29, 0.717) is 6.04 Å². The van der Waals surface area contributed by atoms with Crippen molar-refractivity contribution in [2.75, 3.05) is 6.54 Å². The lowest BCUT2D eigenvalue weighted by Crippen LogP contribution is -2.33. The fourth-order valence-corrected chi connectivity index (χ4v) is 3.58. The second kappa shape index (κ2) is 8.04. The Morgan fingerprint density at radius 1 is 1.10 bits per heavy atom. The summed E-state index contributed by atoms with van der Waals surface area (Å²) in [7, 11) is 0. The molecule has 1 heterocycles. The van der Waals surface area contributed by atoms with Gasteiger partial charge in [0, 0.05) is 15.9 Å². The van der Waals surface area contributed by atoms with Crippen LogP contribution in [0.2, 0.25) is 9.36 Å². The Bertz CT molecular complexity index is 539. The first-order chi connectivity index (χ1) is 9.69. The Morgan fingerprint density at radius 2 is 1.90 bits per heavy atom. The topological polar surface area (TPSA) is 12.0 Å². The van der Waals surface area contributed by atoms with Crippen LogP contribution in [0.5, 0.6) is 0 Å². The molecule has 1 nitrogen and oxygen atoms in total. The highest BCUT2D eigenvalue weighted by molar-refractivity contribution is 7.16. The molecule has 0 aliphatic heterocycles. The van der Waals surface area contributed by atoms with Gasteiger partial charge in [-0.3, -0.25) is 0 Å². The van der Waals surface area contributed by atoms with Crippen LogP contribution in [0.4, 0.5) is 0 Å². The summed E-state index contributed by atoms with van der Waals surface area (Å²) in [5, 5.41) is 4.46. The van der Waals surface area contributed by atoms with Gasteiger partial charge in [0.1, 0.15) is 0 Å². The average molecular weight is 328 g/mol. The standard InChI is InChI=1S/C16H19Cl2NS/c1-2-9-19-13(11-14-7-8-16(18)20-14)10-12-5-3-4-6-15(12)17/h3-8,13,19H,2,9-11H2,1H3. The molecular formula is C16H19Cl2NS. The minimum atomic E-state index is 0.393. The molecule has 0 saturated carbocycles. The SMILES string of the molecule is CCCNC(Cc1ccc(Cl)s1)Cc1ccccc1Cl. The Kier molecular flexibility index (Phi) is 6.37. The maximum absolute atomic E-state index is 6.26. The van der Waals surface area contributed by atoms with E-state index in [0.717, 1.165) is 35.2 Å². The van der Waals surface area contributed by atoms with Gasteiger partial charge in [-0.15, -0.1) is 11.3 Å². The Labute approximate surface area is 134 Å². The van der Waals surface area contributed by atoms with Gasteiger partial charge in [0.15, 0.2) is 0 Å². The zero-order valence-electron chi connectivity index (χ0n) is 11.5. The molecule has 0 aliphatic rings. The highest BCUT2D eigenvalue weighted by Crippen LogP contribution is 2.24. The van der Waals surface area contributed by atoms with Crippen molar-refractivity contribution < 1.29 is 0 Å². The summed E-state index contributed by atoms with van der Waals surface area (Å²) < 4.78 is 0.854. The molecule has 4 heteroatoms. The van der Waals surface area contributed by atoms with Crippen molar-refractivity contribution in [3.05, 3.63) is 56.2 Å². The monoisotopic (exact) mass is 327 g/mol. The molecule has 2 rings (SSSR count). The van der Waals surface area contributed by atoms with Crippen molar-refractivity contribution in [2.45, 2.75) is 32.2 Å². The van der Waals surface area contributed by atoms with Crippen LogP contribution in [0.1, 0.15) is 23.8 Å². The van der Waals surface area contributed by atoms with E-state index >= 15 is 0 Å². The molecule has 0 radical (unpaired) electrons. The van der Waals surface area contributed by atoms with Gasteiger partial charge >= 0.3 is 0 Å². The number of thiophene rings is 1. The molecule has 0 bridgehead atoms. The highest BCUT2D eigenvalue weighted by atomic mass is 35.5. The Balaban J connectivity index is 2.05. The molecule has 0 aliphatic carbocycles. The molecule has 0 spiro atoms. The summed E-state index contributed by atoms with van der Waals surface area (Å²) in [6.07, 6.45) is 3.06. The molecule has 1 unspecified atom stereocenters. The molecular weight excluding hydrogens is 309 g/mol. The number of halogens is 2. The Morgan fingerprint density at radius 3 is 2.55 bits per heavy atom. The lowest BCUT2D eigenvalue weighted by molar-refractivity contribution is 0.507. The minimum Gasteiger partial charge on any atom is -0.313 e. The molecule has 1 aromatic carbocycles. The summed E-state index contributed by atoms with van der Waals surface area (Å²) in [6, 6.07) is 12.5. The van der Waals surface area contributed by atoms with Gasteiger partial charge in [-0.1, -0.05) is 48.3 Å². The van der Waals surface area contributed by atoms with E-state index in [-0.39, 0.29) is 0 Å². The summed E-state index contributed by atoms with van der Waals surface area (Å²) >= 11 is 13.9. The van der Waals surface area contributed by atoms with Gasteiger partial charge in [0.05, 0.1) is 4.34 Å². The van der Waals surface area contributed by atoms with E-state index in [1.807, 2.05) is 24.3 Å². The first-order valence-electron chi connectivity index (χ1n) is 6.90. The third-order valence-electron chi connectivity index (χ3n) is 3.18. The van der Waals surface area contributed by atoms with E-state index in [2.05, 4.69) is 24.4 Å². The quantitative estimate of drug-likeness (QED) is 0.736. The van der Waals surface area contributed by atoms with Crippen LogP contribution in [-0.4, -0.2) is 12.6 Å². The van der Waals surface area contributed by atoms with Crippen molar-refractivity contribution >= 4 is 34.5 Å². The van der Waals surface area contributed by atoms with Crippen LogP contribution < -0.4 is 5.32 Å². The van der Waals surface area contributed by atoms with Crippen LogP contribution in [0, 0.1) is 0 Å². The zero-order chi connectivity index (χ0) is 14.4. The lowest BCUT2D eigenvalue weighted by atomic mass is 10.0. The Hall–Kier alpha value is -0.540. The molecule has 20 heavy (non-hydrogen) atoms. The molecule has 108 valence electrons. The summed E-state index contributed by atoms with van der Waals surface area (Å²) in [6.45, 7) is 3.20. The third kappa shape index (κ3) is 4.78. The second-order valence-corrected chi connectivity index (χ2v) is 7.06. The molecule has 0 saturated heterocycles. The third-order valence-corrected chi connectivity index (χ3v) is 4.81. The number of nitrogens with one attached hydrogen (secondary N) is 1. The molecule has 1 atom stereocenters. The summed E-state index contributed by atoms with van der Waals surface area (Å²) in [4.78, 5) is 1.32. The van der Waals surface area contributed by atoms with Gasteiger partial charge < -0.3 is 5.32 Å². The fourth-order valence-electron chi connectivity index (χ4n) is 2.20. The predicted molar refractivity (Wildman–Crippen MR) is 90.3 cm³/mol. The van der Waals surface area contributed by atoms with Gasteiger partial charge in [-0.2, -0.15) is 0 Å². The lowest BCUT2D eigenvalue weighted by Gasteiger charge is -2.18. The summed E-state index contributed by atoms with van der Waals surface area (Å²) in [5.74, 6) is 0. The molecule has 2 aromatic rings. The normalized spacial score (nSPS) is 12.6.